The summed E-state index contributed by atoms with van der Waals surface area (Å²) in [6, 6.07) is 16.7. The molecular formula is C18H24N2. The van der Waals surface area contributed by atoms with Crippen LogP contribution in [0.2, 0.25) is 0 Å². The van der Waals surface area contributed by atoms with Gasteiger partial charge in [-0.15, -0.1) is 0 Å². The minimum atomic E-state index is 0.0117. The first-order valence-corrected chi connectivity index (χ1v) is 7.15. The molecule has 3 N–H and O–H groups in total. The van der Waals surface area contributed by atoms with Crippen LogP contribution >= 0.6 is 0 Å². The highest BCUT2D eigenvalue weighted by molar-refractivity contribution is 5.70. The van der Waals surface area contributed by atoms with Crippen LogP contribution in [0.15, 0.2) is 48.5 Å². The molecule has 0 aromatic heterocycles. The highest BCUT2D eigenvalue weighted by atomic mass is 15.0. The van der Waals surface area contributed by atoms with E-state index >= 15 is 0 Å². The van der Waals surface area contributed by atoms with Crippen LogP contribution in [-0.4, -0.2) is 5.54 Å². The van der Waals surface area contributed by atoms with Gasteiger partial charge in [0.25, 0.3) is 0 Å². The van der Waals surface area contributed by atoms with Crippen LogP contribution in [0.4, 0.5) is 11.4 Å². The van der Waals surface area contributed by atoms with Gasteiger partial charge >= 0.3 is 0 Å². The number of anilines is 2. The second kappa shape index (κ2) is 6.00. The summed E-state index contributed by atoms with van der Waals surface area (Å²) >= 11 is 0. The van der Waals surface area contributed by atoms with E-state index in [1.807, 2.05) is 25.1 Å². The van der Waals surface area contributed by atoms with E-state index in [0.29, 0.717) is 0 Å². The first-order valence-electron chi connectivity index (χ1n) is 7.15. The molecule has 2 nitrogen and oxygen atoms in total. The molecule has 0 unspecified atom stereocenters. The molecule has 2 rings (SSSR count). The molecule has 0 spiro atoms. The van der Waals surface area contributed by atoms with Crippen molar-refractivity contribution < 1.29 is 0 Å². The molecule has 0 fully saturated rings. The highest BCUT2D eigenvalue weighted by Gasteiger charge is 2.18. The molecule has 0 atom stereocenters. The van der Waals surface area contributed by atoms with Crippen molar-refractivity contribution in [2.24, 2.45) is 0 Å². The Morgan fingerprint density at radius 3 is 2.40 bits per heavy atom. The zero-order chi connectivity index (χ0) is 14.6. The maximum absolute atomic E-state index is 6.13. The van der Waals surface area contributed by atoms with Gasteiger partial charge in [-0.1, -0.05) is 42.5 Å². The van der Waals surface area contributed by atoms with Crippen molar-refractivity contribution in [3.8, 4) is 0 Å². The highest BCUT2D eigenvalue weighted by Crippen LogP contribution is 2.27. The molecule has 0 saturated carbocycles. The number of nitrogens with two attached hydrogens (primary N) is 1. The van der Waals surface area contributed by atoms with E-state index in [1.54, 1.807) is 0 Å². The van der Waals surface area contributed by atoms with Crippen LogP contribution in [0.1, 0.15) is 31.4 Å². The van der Waals surface area contributed by atoms with Crippen LogP contribution in [-0.2, 0) is 6.42 Å². The van der Waals surface area contributed by atoms with Gasteiger partial charge in [-0.3, -0.25) is 0 Å². The smallest absolute Gasteiger partial charge is 0.0580 e. The third-order valence-corrected chi connectivity index (χ3v) is 3.68. The molecule has 0 radical (unpaired) electrons. The second-order valence-electron chi connectivity index (χ2n) is 6.03. The van der Waals surface area contributed by atoms with Gasteiger partial charge in [0, 0.05) is 5.54 Å². The van der Waals surface area contributed by atoms with Gasteiger partial charge in [0.05, 0.1) is 11.4 Å². The van der Waals surface area contributed by atoms with Crippen LogP contribution in [0.25, 0.3) is 0 Å². The summed E-state index contributed by atoms with van der Waals surface area (Å²) in [5, 5.41) is 3.57. The Bertz CT molecular complexity index is 559. The Morgan fingerprint density at radius 1 is 1.00 bits per heavy atom. The summed E-state index contributed by atoms with van der Waals surface area (Å²) in [4.78, 5) is 0. The monoisotopic (exact) mass is 268 g/mol. The maximum Gasteiger partial charge on any atom is 0.0580 e. The lowest BCUT2D eigenvalue weighted by Crippen LogP contribution is -2.31. The minimum Gasteiger partial charge on any atom is -0.397 e. The van der Waals surface area contributed by atoms with Gasteiger partial charge in [-0.05, 0) is 50.8 Å². The minimum absolute atomic E-state index is 0.0117. The molecule has 2 heteroatoms. The summed E-state index contributed by atoms with van der Waals surface area (Å²) in [5.41, 5.74) is 10.5. The topological polar surface area (TPSA) is 38.0 Å². The van der Waals surface area contributed by atoms with Gasteiger partial charge in [0.2, 0.25) is 0 Å². The van der Waals surface area contributed by atoms with Crippen LogP contribution in [0.3, 0.4) is 0 Å². The molecule has 0 saturated heterocycles. The van der Waals surface area contributed by atoms with E-state index in [2.05, 4.69) is 49.5 Å². The normalized spacial score (nSPS) is 11.3. The van der Waals surface area contributed by atoms with Gasteiger partial charge in [-0.25, -0.2) is 0 Å². The maximum atomic E-state index is 6.13. The molecular weight excluding hydrogens is 244 g/mol. The molecule has 0 bridgehead atoms. The molecule has 0 aliphatic heterocycles. The Labute approximate surface area is 122 Å². The average Bonchev–Trinajstić information content (AvgIpc) is 2.43. The molecule has 2 aromatic carbocycles. The third kappa shape index (κ3) is 3.77. The number of rotatable bonds is 5. The summed E-state index contributed by atoms with van der Waals surface area (Å²) in [7, 11) is 0. The zero-order valence-corrected chi connectivity index (χ0v) is 12.6. The lowest BCUT2D eigenvalue weighted by Gasteiger charge is -2.29. The number of nitrogens with one attached hydrogen (secondary N) is 1. The quantitative estimate of drug-likeness (QED) is 0.789. The lowest BCUT2D eigenvalue weighted by atomic mass is 9.94. The second-order valence-corrected chi connectivity index (χ2v) is 6.03. The van der Waals surface area contributed by atoms with Crippen molar-refractivity contribution >= 4 is 11.4 Å². The first-order chi connectivity index (χ1) is 9.48. The molecule has 0 aliphatic rings. The fraction of sp³-hybridized carbons (Fsp3) is 0.333. The predicted octanol–water partition coefficient (Wildman–Crippen LogP) is 4.40. The van der Waals surface area contributed by atoms with Gasteiger partial charge in [0.1, 0.15) is 0 Å². The Morgan fingerprint density at radius 2 is 1.70 bits per heavy atom. The first kappa shape index (κ1) is 14.4. The Balaban J connectivity index is 2.02. The zero-order valence-electron chi connectivity index (χ0n) is 12.6. The van der Waals surface area contributed by atoms with Crippen molar-refractivity contribution in [3.63, 3.8) is 0 Å². The van der Waals surface area contributed by atoms with E-state index in [-0.39, 0.29) is 5.54 Å². The number of hydrogen-bond donors (Lipinski definition) is 2. The number of para-hydroxylation sites is 1. The van der Waals surface area contributed by atoms with Crippen LogP contribution in [0.5, 0.6) is 0 Å². The van der Waals surface area contributed by atoms with E-state index in [9.17, 15) is 0 Å². The summed E-state index contributed by atoms with van der Waals surface area (Å²) in [6.45, 7) is 6.48. The fourth-order valence-corrected chi connectivity index (χ4v) is 2.32. The SMILES string of the molecule is Cc1cccc(NC(C)(C)CCc2ccccc2)c1N. The lowest BCUT2D eigenvalue weighted by molar-refractivity contribution is 0.519. The third-order valence-electron chi connectivity index (χ3n) is 3.68. The Kier molecular flexibility index (Phi) is 4.33. The van der Waals surface area contributed by atoms with Gasteiger partial charge in [0.15, 0.2) is 0 Å². The summed E-state index contributed by atoms with van der Waals surface area (Å²) < 4.78 is 0. The van der Waals surface area contributed by atoms with E-state index < -0.39 is 0 Å². The van der Waals surface area contributed by atoms with Crippen LogP contribution < -0.4 is 11.1 Å². The van der Waals surface area contributed by atoms with E-state index in [1.165, 1.54) is 5.56 Å². The van der Waals surface area contributed by atoms with Gasteiger partial charge < -0.3 is 11.1 Å². The van der Waals surface area contributed by atoms with E-state index in [0.717, 1.165) is 29.8 Å². The number of aryl methyl sites for hydroxylation is 2. The molecule has 0 heterocycles. The van der Waals surface area contributed by atoms with Crippen molar-refractivity contribution in [2.75, 3.05) is 11.1 Å². The fourth-order valence-electron chi connectivity index (χ4n) is 2.32. The van der Waals surface area contributed by atoms with E-state index in [4.69, 9.17) is 5.73 Å². The number of benzene rings is 2. The van der Waals surface area contributed by atoms with Crippen LogP contribution in [0, 0.1) is 6.92 Å². The molecule has 0 aliphatic carbocycles. The Hall–Kier alpha value is -1.96. The van der Waals surface area contributed by atoms with Crippen molar-refractivity contribution in [3.05, 3.63) is 59.7 Å². The standard InChI is InChI=1S/C18H24N2/c1-14-8-7-11-16(17(14)19)20-18(2,3)13-12-15-9-5-4-6-10-15/h4-11,20H,12-13,19H2,1-3H3. The van der Waals surface area contributed by atoms with Crippen molar-refractivity contribution in [1.29, 1.82) is 0 Å². The van der Waals surface area contributed by atoms with Gasteiger partial charge in [-0.2, -0.15) is 0 Å². The average molecular weight is 268 g/mol. The molecule has 20 heavy (non-hydrogen) atoms. The van der Waals surface area contributed by atoms with Crippen molar-refractivity contribution in [2.45, 2.75) is 39.2 Å². The molecule has 0 amide bonds. The summed E-state index contributed by atoms with van der Waals surface area (Å²) in [5.74, 6) is 0. The largest absolute Gasteiger partial charge is 0.397 e. The number of nitrogen functional groups attached to an aromatic ring is 1. The molecule has 2 aromatic rings. The van der Waals surface area contributed by atoms with Crippen molar-refractivity contribution in [1.82, 2.24) is 0 Å². The predicted molar refractivity (Wildman–Crippen MR) is 88.1 cm³/mol. The number of hydrogen-bond acceptors (Lipinski definition) is 2. The molecule has 106 valence electrons. The summed E-state index contributed by atoms with van der Waals surface area (Å²) in [6.07, 6.45) is 2.12.